The van der Waals surface area contributed by atoms with Crippen molar-refractivity contribution in [1.82, 2.24) is 10.7 Å². The zero-order valence-electron chi connectivity index (χ0n) is 16.3. The first-order chi connectivity index (χ1) is 15.0. The lowest BCUT2D eigenvalue weighted by Gasteiger charge is -2.06. The van der Waals surface area contributed by atoms with Crippen LogP contribution in [0, 0.1) is 5.82 Å². The Balaban J connectivity index is 1.40. The second kappa shape index (κ2) is 10.9. The molecule has 3 aromatic carbocycles. The third-order valence-corrected chi connectivity index (χ3v) is 4.37. The van der Waals surface area contributed by atoms with Gasteiger partial charge >= 0.3 is 0 Å². The molecule has 8 heteroatoms. The Bertz CT molecular complexity index is 1050. The summed E-state index contributed by atoms with van der Waals surface area (Å²) in [6.07, 6.45) is 1.47. The predicted octanol–water partition coefficient (Wildman–Crippen LogP) is 3.94. The van der Waals surface area contributed by atoms with Crippen LogP contribution in [-0.4, -0.2) is 24.6 Å². The number of hydrogen-bond donors (Lipinski definition) is 2. The number of carbonyl (C=O) groups is 2. The average molecular weight is 440 g/mol. The van der Waals surface area contributed by atoms with Gasteiger partial charge in [0, 0.05) is 10.6 Å². The Hall–Kier alpha value is -3.71. The molecule has 0 saturated heterocycles. The fourth-order valence-corrected chi connectivity index (χ4v) is 2.61. The van der Waals surface area contributed by atoms with Gasteiger partial charge in [-0.1, -0.05) is 23.7 Å². The molecular weight excluding hydrogens is 421 g/mol. The van der Waals surface area contributed by atoms with E-state index in [4.69, 9.17) is 16.3 Å². The number of amides is 2. The molecule has 158 valence electrons. The number of carbonyl (C=O) groups excluding carboxylic acids is 2. The number of rotatable bonds is 8. The third kappa shape index (κ3) is 7.24. The highest BCUT2D eigenvalue weighted by Gasteiger charge is 2.07. The molecule has 0 unspecified atom stereocenters. The van der Waals surface area contributed by atoms with Crippen molar-refractivity contribution in [3.05, 3.63) is 100 Å². The van der Waals surface area contributed by atoms with Gasteiger partial charge in [0.1, 0.15) is 18.2 Å². The summed E-state index contributed by atoms with van der Waals surface area (Å²) in [4.78, 5) is 23.7. The summed E-state index contributed by atoms with van der Waals surface area (Å²) in [5.41, 5.74) is 4.35. The Morgan fingerprint density at radius 1 is 0.968 bits per heavy atom. The fourth-order valence-electron chi connectivity index (χ4n) is 2.48. The van der Waals surface area contributed by atoms with Crippen LogP contribution >= 0.6 is 11.6 Å². The summed E-state index contributed by atoms with van der Waals surface area (Å²) in [6, 6.07) is 19.6. The molecule has 31 heavy (non-hydrogen) atoms. The van der Waals surface area contributed by atoms with E-state index in [0.29, 0.717) is 17.4 Å². The van der Waals surface area contributed by atoms with Crippen LogP contribution in [0.4, 0.5) is 4.39 Å². The lowest BCUT2D eigenvalue weighted by molar-refractivity contribution is -0.120. The van der Waals surface area contributed by atoms with Crippen molar-refractivity contribution in [2.24, 2.45) is 5.10 Å². The second-order valence-corrected chi connectivity index (χ2v) is 6.90. The SMILES string of the molecule is O=C(CNC(=O)c1ccc(F)cc1)N/N=C\c1ccc(OCc2ccc(Cl)cc2)cc1. The summed E-state index contributed by atoms with van der Waals surface area (Å²) < 4.78 is 18.6. The second-order valence-electron chi connectivity index (χ2n) is 6.47. The molecule has 0 radical (unpaired) electrons. The molecule has 0 fully saturated rings. The molecule has 0 bridgehead atoms. The van der Waals surface area contributed by atoms with Crippen molar-refractivity contribution in [1.29, 1.82) is 0 Å². The lowest BCUT2D eigenvalue weighted by atomic mass is 10.2. The Morgan fingerprint density at radius 3 is 2.32 bits per heavy atom. The molecular formula is C23H19ClFN3O3. The molecule has 0 aromatic heterocycles. The zero-order valence-corrected chi connectivity index (χ0v) is 17.1. The van der Waals surface area contributed by atoms with Gasteiger partial charge in [0.2, 0.25) is 0 Å². The van der Waals surface area contributed by atoms with Gasteiger partial charge in [-0.15, -0.1) is 0 Å². The fraction of sp³-hybridized carbons (Fsp3) is 0.0870. The van der Waals surface area contributed by atoms with Crippen molar-refractivity contribution in [3.8, 4) is 5.75 Å². The van der Waals surface area contributed by atoms with Crippen LogP contribution in [0.2, 0.25) is 5.02 Å². The molecule has 0 spiro atoms. The number of nitrogens with one attached hydrogen (secondary N) is 2. The highest BCUT2D eigenvalue weighted by molar-refractivity contribution is 6.30. The minimum Gasteiger partial charge on any atom is -0.489 e. The summed E-state index contributed by atoms with van der Waals surface area (Å²) >= 11 is 5.86. The van der Waals surface area contributed by atoms with Gasteiger partial charge in [0.05, 0.1) is 12.8 Å². The summed E-state index contributed by atoms with van der Waals surface area (Å²) in [6.45, 7) is 0.162. The number of benzene rings is 3. The van der Waals surface area contributed by atoms with Gasteiger partial charge in [-0.25, -0.2) is 9.82 Å². The highest BCUT2D eigenvalue weighted by atomic mass is 35.5. The predicted molar refractivity (Wildman–Crippen MR) is 117 cm³/mol. The van der Waals surface area contributed by atoms with E-state index >= 15 is 0 Å². The quantitative estimate of drug-likeness (QED) is 0.412. The summed E-state index contributed by atoms with van der Waals surface area (Å²) in [5, 5.41) is 6.97. The number of hydrogen-bond acceptors (Lipinski definition) is 4. The molecule has 0 aliphatic rings. The van der Waals surface area contributed by atoms with Crippen molar-refractivity contribution < 1.29 is 18.7 Å². The largest absolute Gasteiger partial charge is 0.489 e. The molecule has 2 N–H and O–H groups in total. The van der Waals surface area contributed by atoms with E-state index in [2.05, 4.69) is 15.8 Å². The maximum atomic E-state index is 12.9. The van der Waals surface area contributed by atoms with Gasteiger partial charge in [0.15, 0.2) is 0 Å². The molecule has 2 amide bonds. The molecule has 3 rings (SSSR count). The standard InChI is InChI=1S/C23H19ClFN3O3/c24-19-7-1-17(2-8-19)15-31-21-11-3-16(4-12-21)13-27-28-22(29)14-26-23(30)18-5-9-20(25)10-6-18/h1-13H,14-15H2,(H,26,30)(H,28,29)/b27-13-. The van der Waals surface area contributed by atoms with Crippen LogP contribution in [0.1, 0.15) is 21.5 Å². The van der Waals surface area contributed by atoms with Gasteiger partial charge < -0.3 is 10.1 Å². The lowest BCUT2D eigenvalue weighted by Crippen LogP contribution is -2.34. The zero-order chi connectivity index (χ0) is 22.1. The van der Waals surface area contributed by atoms with Crippen molar-refractivity contribution in [3.63, 3.8) is 0 Å². The Kier molecular flexibility index (Phi) is 7.73. The van der Waals surface area contributed by atoms with E-state index < -0.39 is 17.6 Å². The van der Waals surface area contributed by atoms with E-state index in [1.54, 1.807) is 24.3 Å². The van der Waals surface area contributed by atoms with Crippen LogP contribution in [-0.2, 0) is 11.4 Å². The van der Waals surface area contributed by atoms with Crippen LogP contribution in [0.15, 0.2) is 77.9 Å². The van der Waals surface area contributed by atoms with E-state index in [1.807, 2.05) is 24.3 Å². The van der Waals surface area contributed by atoms with Gasteiger partial charge in [-0.3, -0.25) is 9.59 Å². The van der Waals surface area contributed by atoms with Gasteiger partial charge in [0.25, 0.3) is 11.8 Å². The highest BCUT2D eigenvalue weighted by Crippen LogP contribution is 2.15. The Labute approximate surface area is 183 Å². The molecule has 0 atom stereocenters. The first-order valence-corrected chi connectivity index (χ1v) is 9.70. The molecule has 0 heterocycles. The molecule has 3 aromatic rings. The van der Waals surface area contributed by atoms with Gasteiger partial charge in [-0.2, -0.15) is 5.10 Å². The van der Waals surface area contributed by atoms with Crippen molar-refractivity contribution in [2.45, 2.75) is 6.61 Å². The minimum atomic E-state index is -0.491. The number of halogens is 2. The normalized spacial score (nSPS) is 10.6. The third-order valence-electron chi connectivity index (χ3n) is 4.12. The van der Waals surface area contributed by atoms with E-state index in [1.165, 1.54) is 30.5 Å². The molecule has 6 nitrogen and oxygen atoms in total. The molecule has 0 saturated carbocycles. The van der Waals surface area contributed by atoms with E-state index in [9.17, 15) is 14.0 Å². The maximum absolute atomic E-state index is 12.9. The topological polar surface area (TPSA) is 79.8 Å². The first-order valence-electron chi connectivity index (χ1n) is 9.32. The smallest absolute Gasteiger partial charge is 0.259 e. The van der Waals surface area contributed by atoms with Crippen molar-refractivity contribution in [2.75, 3.05) is 6.54 Å². The van der Waals surface area contributed by atoms with Crippen LogP contribution < -0.4 is 15.5 Å². The first kappa shape index (κ1) is 22.0. The number of ether oxygens (including phenoxy) is 1. The average Bonchev–Trinajstić information content (AvgIpc) is 2.78. The van der Waals surface area contributed by atoms with Crippen molar-refractivity contribution >= 4 is 29.6 Å². The van der Waals surface area contributed by atoms with Crippen LogP contribution in [0.3, 0.4) is 0 Å². The summed E-state index contributed by atoms with van der Waals surface area (Å²) in [5.74, 6) is -0.715. The van der Waals surface area contributed by atoms with Gasteiger partial charge in [-0.05, 0) is 71.8 Å². The van der Waals surface area contributed by atoms with Crippen LogP contribution in [0.25, 0.3) is 0 Å². The Morgan fingerprint density at radius 2 is 1.65 bits per heavy atom. The molecule has 0 aliphatic heterocycles. The maximum Gasteiger partial charge on any atom is 0.259 e. The van der Waals surface area contributed by atoms with E-state index in [0.717, 1.165) is 11.1 Å². The minimum absolute atomic E-state index is 0.259. The molecule has 0 aliphatic carbocycles. The number of hydrazone groups is 1. The van der Waals surface area contributed by atoms with E-state index in [-0.39, 0.29) is 12.1 Å². The van der Waals surface area contributed by atoms with Crippen LogP contribution in [0.5, 0.6) is 5.75 Å². The summed E-state index contributed by atoms with van der Waals surface area (Å²) in [7, 11) is 0. The monoisotopic (exact) mass is 439 g/mol. The number of nitrogens with zero attached hydrogens (tertiary/aromatic N) is 1.